The second-order valence-electron chi connectivity index (χ2n) is 12.4. The van der Waals surface area contributed by atoms with E-state index in [9.17, 15) is 0 Å². The van der Waals surface area contributed by atoms with Gasteiger partial charge < -0.3 is 18.9 Å². The molecular weight excluding hydrogens is 532 g/mol. The van der Waals surface area contributed by atoms with E-state index in [1.165, 1.54) is 33.4 Å². The summed E-state index contributed by atoms with van der Waals surface area (Å²) >= 11 is 0. The molecule has 0 spiro atoms. The molecule has 4 nitrogen and oxygen atoms in total. The van der Waals surface area contributed by atoms with Crippen molar-refractivity contribution in [3.05, 3.63) is 119 Å². The molecule has 4 aromatic rings. The Labute approximate surface area is 256 Å². The third-order valence-electron chi connectivity index (χ3n) is 10.2. The van der Waals surface area contributed by atoms with Gasteiger partial charge in [-0.15, -0.1) is 0 Å². The van der Waals surface area contributed by atoms with Gasteiger partial charge in [0.05, 0.1) is 45.1 Å². The van der Waals surface area contributed by atoms with Gasteiger partial charge in [-0.2, -0.15) is 0 Å². The molecule has 4 aromatic carbocycles. The van der Waals surface area contributed by atoms with Crippen molar-refractivity contribution < 1.29 is 18.9 Å². The molecule has 0 saturated carbocycles. The van der Waals surface area contributed by atoms with Gasteiger partial charge in [0, 0.05) is 11.8 Å². The summed E-state index contributed by atoms with van der Waals surface area (Å²) in [4.78, 5) is 0. The summed E-state index contributed by atoms with van der Waals surface area (Å²) in [5.41, 5.74) is 7.25. The molecule has 43 heavy (non-hydrogen) atoms. The first-order chi connectivity index (χ1) is 21.2. The third kappa shape index (κ3) is 5.05. The van der Waals surface area contributed by atoms with Crippen LogP contribution in [0.15, 0.2) is 97.1 Å². The van der Waals surface area contributed by atoms with Crippen LogP contribution in [-0.2, 0) is 14.9 Å². The van der Waals surface area contributed by atoms with Crippen molar-refractivity contribution in [3.63, 3.8) is 0 Å². The standard InChI is InChI=1S/C39H42O4/c1-3-27(29-21-40-22-29)25-42-33-17-13-31(14-18-33)39(37-11-7-5-9-35(37)36-10-6-8-12-38(36)39)32-15-19-34(20-16-32)43-26-28(4-2)30-23-41-24-30/h5-20,27-30H,3-4,21-26H2,1-2H3. The SMILES string of the molecule is CCC(COc1ccc(C2(c3ccc(OCC(CC)C4COC4)cc3)c3ccccc3-c3ccccc32)cc1)C1COC1. The van der Waals surface area contributed by atoms with Crippen molar-refractivity contribution in [1.29, 1.82) is 0 Å². The van der Waals surface area contributed by atoms with Crippen molar-refractivity contribution >= 4 is 0 Å². The van der Waals surface area contributed by atoms with Crippen LogP contribution in [0.25, 0.3) is 11.1 Å². The maximum absolute atomic E-state index is 6.33. The molecule has 2 heterocycles. The zero-order valence-electron chi connectivity index (χ0n) is 25.3. The second kappa shape index (κ2) is 12.2. The summed E-state index contributed by atoms with van der Waals surface area (Å²) in [5, 5.41) is 0. The molecule has 2 saturated heterocycles. The van der Waals surface area contributed by atoms with Gasteiger partial charge in [-0.1, -0.05) is 86.6 Å². The molecule has 3 aliphatic rings. The molecule has 1 aliphatic carbocycles. The molecule has 2 aliphatic heterocycles. The van der Waals surface area contributed by atoms with Crippen LogP contribution in [0.5, 0.6) is 11.5 Å². The molecule has 0 bridgehead atoms. The minimum Gasteiger partial charge on any atom is -0.493 e. The van der Waals surface area contributed by atoms with Crippen LogP contribution in [0.2, 0.25) is 0 Å². The summed E-state index contributed by atoms with van der Waals surface area (Å²) in [6, 6.07) is 35.4. The highest BCUT2D eigenvalue weighted by molar-refractivity contribution is 5.86. The summed E-state index contributed by atoms with van der Waals surface area (Å²) in [5.74, 6) is 4.14. The van der Waals surface area contributed by atoms with Crippen LogP contribution < -0.4 is 9.47 Å². The van der Waals surface area contributed by atoms with E-state index in [-0.39, 0.29) is 0 Å². The van der Waals surface area contributed by atoms with Crippen LogP contribution >= 0.6 is 0 Å². The lowest BCUT2D eigenvalue weighted by Gasteiger charge is -2.34. The molecule has 4 heteroatoms. The average molecular weight is 575 g/mol. The Morgan fingerprint density at radius 3 is 1.33 bits per heavy atom. The second-order valence-corrected chi connectivity index (χ2v) is 12.4. The van der Waals surface area contributed by atoms with Gasteiger partial charge in [0.1, 0.15) is 11.5 Å². The Morgan fingerprint density at radius 2 is 0.977 bits per heavy atom. The smallest absolute Gasteiger partial charge is 0.119 e. The normalized spacial score (nSPS) is 18.6. The molecule has 7 rings (SSSR count). The number of fused-ring (bicyclic) bond motifs is 3. The Morgan fingerprint density at radius 1 is 0.581 bits per heavy atom. The predicted octanol–water partition coefficient (Wildman–Crippen LogP) is 8.15. The number of hydrogen-bond donors (Lipinski definition) is 0. The lowest BCUT2D eigenvalue weighted by Crippen LogP contribution is -2.36. The van der Waals surface area contributed by atoms with Crippen molar-refractivity contribution in [3.8, 4) is 22.6 Å². The highest BCUT2D eigenvalue weighted by Crippen LogP contribution is 2.56. The molecule has 0 amide bonds. The first-order valence-electron chi connectivity index (χ1n) is 16.0. The largest absolute Gasteiger partial charge is 0.493 e. The molecule has 2 atom stereocenters. The van der Waals surface area contributed by atoms with Crippen molar-refractivity contribution in [2.75, 3.05) is 39.6 Å². The lowest BCUT2D eigenvalue weighted by atomic mass is 9.68. The van der Waals surface area contributed by atoms with E-state index in [1.54, 1.807) is 0 Å². The maximum atomic E-state index is 6.33. The van der Waals surface area contributed by atoms with E-state index in [4.69, 9.17) is 18.9 Å². The van der Waals surface area contributed by atoms with Gasteiger partial charge >= 0.3 is 0 Å². The van der Waals surface area contributed by atoms with Crippen LogP contribution in [0.3, 0.4) is 0 Å². The molecule has 2 fully saturated rings. The average Bonchev–Trinajstić information content (AvgIpc) is 3.31. The van der Waals surface area contributed by atoms with Gasteiger partial charge in [-0.3, -0.25) is 0 Å². The van der Waals surface area contributed by atoms with Gasteiger partial charge in [0.15, 0.2) is 0 Å². The molecule has 0 N–H and O–H groups in total. The van der Waals surface area contributed by atoms with Crippen LogP contribution in [0, 0.1) is 23.7 Å². The van der Waals surface area contributed by atoms with Crippen LogP contribution in [0.4, 0.5) is 0 Å². The van der Waals surface area contributed by atoms with Gasteiger partial charge in [0.25, 0.3) is 0 Å². The highest BCUT2D eigenvalue weighted by atomic mass is 16.5. The summed E-state index contributed by atoms with van der Waals surface area (Å²) < 4.78 is 23.5. The van der Waals surface area contributed by atoms with E-state index in [2.05, 4.69) is 111 Å². The molecule has 2 unspecified atom stereocenters. The fourth-order valence-corrected chi connectivity index (χ4v) is 7.26. The highest BCUT2D eigenvalue weighted by Gasteiger charge is 2.46. The first-order valence-corrected chi connectivity index (χ1v) is 16.0. The first kappa shape index (κ1) is 28.2. The monoisotopic (exact) mass is 574 g/mol. The van der Waals surface area contributed by atoms with E-state index in [1.807, 2.05) is 0 Å². The Balaban J connectivity index is 1.22. The Hall–Kier alpha value is -3.60. The van der Waals surface area contributed by atoms with Crippen molar-refractivity contribution in [2.45, 2.75) is 32.1 Å². The third-order valence-corrected chi connectivity index (χ3v) is 10.2. The fraction of sp³-hybridized carbons (Fsp3) is 0.385. The minimum atomic E-state index is -0.436. The van der Waals surface area contributed by atoms with Crippen LogP contribution in [-0.4, -0.2) is 39.6 Å². The van der Waals surface area contributed by atoms with Gasteiger partial charge in [-0.05, 0) is 82.3 Å². The van der Waals surface area contributed by atoms with E-state index >= 15 is 0 Å². The van der Waals surface area contributed by atoms with Gasteiger partial charge in [-0.25, -0.2) is 0 Å². The topological polar surface area (TPSA) is 36.9 Å². The minimum absolute atomic E-state index is 0.436. The predicted molar refractivity (Wildman–Crippen MR) is 171 cm³/mol. The fourth-order valence-electron chi connectivity index (χ4n) is 7.26. The van der Waals surface area contributed by atoms with Crippen molar-refractivity contribution in [1.82, 2.24) is 0 Å². The Kier molecular flexibility index (Phi) is 7.99. The van der Waals surface area contributed by atoms with E-state index in [0.29, 0.717) is 23.7 Å². The van der Waals surface area contributed by atoms with Gasteiger partial charge in [0.2, 0.25) is 0 Å². The number of benzene rings is 4. The zero-order chi connectivity index (χ0) is 29.2. The number of hydrogen-bond acceptors (Lipinski definition) is 4. The molecule has 0 aromatic heterocycles. The number of ether oxygens (including phenoxy) is 4. The summed E-state index contributed by atoms with van der Waals surface area (Å²) in [6.45, 7) is 9.40. The van der Waals surface area contributed by atoms with Crippen LogP contribution in [0.1, 0.15) is 48.9 Å². The van der Waals surface area contributed by atoms with Crippen molar-refractivity contribution in [2.24, 2.45) is 23.7 Å². The zero-order valence-corrected chi connectivity index (χ0v) is 25.3. The Bertz CT molecular complexity index is 1400. The van der Waals surface area contributed by atoms with E-state index < -0.39 is 5.41 Å². The molecule has 222 valence electrons. The number of rotatable bonds is 12. The molecule has 0 radical (unpaired) electrons. The lowest BCUT2D eigenvalue weighted by molar-refractivity contribution is -0.0694. The maximum Gasteiger partial charge on any atom is 0.119 e. The van der Waals surface area contributed by atoms with E-state index in [0.717, 1.165) is 64.0 Å². The molecular formula is C39H42O4. The summed E-state index contributed by atoms with van der Waals surface area (Å²) in [7, 11) is 0. The quantitative estimate of drug-likeness (QED) is 0.151. The summed E-state index contributed by atoms with van der Waals surface area (Å²) in [6.07, 6.45) is 2.22.